The molecular weight excluding hydrogens is 470 g/mol. The molecule has 0 aliphatic rings. The van der Waals surface area contributed by atoms with Gasteiger partial charge in [0.15, 0.2) is 0 Å². The van der Waals surface area contributed by atoms with E-state index in [0.717, 1.165) is 51.4 Å². The van der Waals surface area contributed by atoms with Crippen LogP contribution < -0.4 is 21.5 Å². The predicted octanol–water partition coefficient (Wildman–Crippen LogP) is 2.42. The van der Waals surface area contributed by atoms with Gasteiger partial charge in [0, 0.05) is 30.8 Å². The minimum Gasteiger partial charge on any atom is -0.449 e. The molecule has 1 aromatic heterocycles. The van der Waals surface area contributed by atoms with Gasteiger partial charge in [0.05, 0.1) is 13.2 Å². The van der Waals surface area contributed by atoms with Crippen molar-refractivity contribution >= 4 is 24.2 Å². The van der Waals surface area contributed by atoms with Crippen molar-refractivity contribution < 1.29 is 23.9 Å². The van der Waals surface area contributed by atoms with Crippen molar-refractivity contribution in [3.63, 3.8) is 0 Å². The summed E-state index contributed by atoms with van der Waals surface area (Å²) in [4.78, 5) is 56.3. The lowest BCUT2D eigenvalue weighted by Gasteiger charge is -2.10. The van der Waals surface area contributed by atoms with Crippen molar-refractivity contribution in [3.8, 4) is 6.26 Å². The van der Waals surface area contributed by atoms with Crippen molar-refractivity contribution in [1.29, 1.82) is 5.26 Å². The number of hydrogen-bond acceptors (Lipinski definition) is 9. The number of nitrogens with one attached hydrogen (secondary N) is 4. The first-order chi connectivity index (χ1) is 17.5. The lowest BCUT2D eigenvalue weighted by molar-refractivity contribution is 0.147. The Labute approximate surface area is 210 Å². The summed E-state index contributed by atoms with van der Waals surface area (Å²) in [5.74, 6) is 0.0315. The molecule has 198 valence electrons. The van der Waals surface area contributed by atoms with Gasteiger partial charge >= 0.3 is 12.1 Å². The van der Waals surface area contributed by atoms with Gasteiger partial charge in [-0.3, -0.25) is 10.1 Å². The second kappa shape index (κ2) is 19.4. The van der Waals surface area contributed by atoms with Crippen LogP contribution >= 0.6 is 0 Å². The van der Waals surface area contributed by atoms with Gasteiger partial charge in [-0.1, -0.05) is 19.3 Å². The minimum absolute atomic E-state index is 0.0109. The number of alkyl carbamates (subject to hydrolysis) is 1. The van der Waals surface area contributed by atoms with Crippen LogP contribution in [0.1, 0.15) is 62.6 Å². The number of aryl methyl sites for hydroxylation is 1. The summed E-state index contributed by atoms with van der Waals surface area (Å²) in [5.41, 5.74) is 0.379. The lowest BCUT2D eigenvalue weighted by atomic mass is 10.2. The number of aromatic amines is 1. The number of carbonyl (C=O) groups excluding carboxylic acids is 3. The molecular formula is C23H35N7O6. The van der Waals surface area contributed by atoms with Gasteiger partial charge in [0.1, 0.15) is 6.61 Å². The molecule has 0 saturated heterocycles. The molecule has 0 spiro atoms. The third-order valence-electron chi connectivity index (χ3n) is 5.10. The number of urea groups is 1. The monoisotopic (exact) mass is 505 g/mol. The highest BCUT2D eigenvalue weighted by Gasteiger charge is 2.11. The number of aromatic nitrogens is 2. The first kappa shape index (κ1) is 30.1. The zero-order valence-corrected chi connectivity index (χ0v) is 20.7. The van der Waals surface area contributed by atoms with E-state index in [9.17, 15) is 19.2 Å². The van der Waals surface area contributed by atoms with E-state index in [1.165, 1.54) is 6.08 Å². The number of hydrogen-bond donors (Lipinski definition) is 4. The van der Waals surface area contributed by atoms with Gasteiger partial charge in [0.2, 0.25) is 12.0 Å². The van der Waals surface area contributed by atoms with E-state index in [2.05, 4.69) is 35.6 Å². The average molecular weight is 506 g/mol. The number of carbonyl (C=O) groups is 2. The largest absolute Gasteiger partial charge is 0.449 e. The van der Waals surface area contributed by atoms with Crippen LogP contribution in [0.25, 0.3) is 0 Å². The maximum Gasteiger partial charge on any atom is 0.407 e. The van der Waals surface area contributed by atoms with Gasteiger partial charge in [-0.05, 0) is 39.0 Å². The van der Waals surface area contributed by atoms with E-state index in [-0.39, 0.29) is 19.0 Å². The molecule has 36 heavy (non-hydrogen) atoms. The van der Waals surface area contributed by atoms with E-state index >= 15 is 0 Å². The fraction of sp³-hybridized carbons (Fsp3) is 0.652. The van der Waals surface area contributed by atoms with E-state index in [4.69, 9.17) is 10.00 Å². The first-order valence-electron chi connectivity index (χ1n) is 12.1. The molecule has 4 N–H and O–H groups in total. The third-order valence-corrected chi connectivity index (χ3v) is 5.10. The van der Waals surface area contributed by atoms with Crippen LogP contribution in [0, 0.1) is 18.4 Å². The summed E-state index contributed by atoms with van der Waals surface area (Å²) in [6.07, 6.45) is 9.47. The van der Waals surface area contributed by atoms with E-state index < -0.39 is 17.7 Å². The second-order valence-electron chi connectivity index (χ2n) is 7.93. The number of unbranched alkanes of at least 4 members (excludes halogenated alkanes) is 6. The summed E-state index contributed by atoms with van der Waals surface area (Å²) in [6, 6.07) is -0.479. The Morgan fingerprint density at radius 1 is 1.03 bits per heavy atom. The smallest absolute Gasteiger partial charge is 0.407 e. The highest BCUT2D eigenvalue weighted by Crippen LogP contribution is 2.05. The zero-order valence-electron chi connectivity index (χ0n) is 20.7. The Kier molecular flexibility index (Phi) is 16.2. The molecule has 0 aromatic carbocycles. The maximum absolute atomic E-state index is 12.3. The van der Waals surface area contributed by atoms with Crippen LogP contribution in [0.3, 0.4) is 0 Å². The van der Waals surface area contributed by atoms with Crippen molar-refractivity contribution in [2.45, 2.75) is 64.7 Å². The van der Waals surface area contributed by atoms with Crippen LogP contribution in [-0.2, 0) is 20.7 Å². The van der Waals surface area contributed by atoms with Gasteiger partial charge in [-0.2, -0.15) is 10.2 Å². The topological polar surface area (TPSA) is 188 Å². The number of isocyanates is 1. The summed E-state index contributed by atoms with van der Waals surface area (Å²) < 4.78 is 9.71. The SMILES string of the molecule is Cc1[nH]c(NC(=O)NCCCCCCOC#N)nc(=O)c1CCOC(=O)NCCCCCCN=C=O. The molecule has 0 unspecified atom stereocenters. The molecule has 0 saturated carbocycles. The molecule has 0 bridgehead atoms. The molecule has 1 heterocycles. The fourth-order valence-corrected chi connectivity index (χ4v) is 3.22. The highest BCUT2D eigenvalue weighted by atomic mass is 16.5. The van der Waals surface area contributed by atoms with Crippen LogP contribution in [0.2, 0.25) is 0 Å². The molecule has 1 rings (SSSR count). The first-order valence-corrected chi connectivity index (χ1v) is 12.1. The molecule has 13 heteroatoms. The van der Waals surface area contributed by atoms with E-state index in [1.807, 2.05) is 0 Å². The van der Waals surface area contributed by atoms with Crippen molar-refractivity contribution in [1.82, 2.24) is 20.6 Å². The summed E-state index contributed by atoms with van der Waals surface area (Å²) in [5, 5.41) is 16.1. The molecule has 0 atom stereocenters. The number of nitriles is 1. The van der Waals surface area contributed by atoms with E-state index in [1.54, 1.807) is 13.2 Å². The Bertz CT molecular complexity index is 953. The summed E-state index contributed by atoms with van der Waals surface area (Å²) in [6.45, 7) is 3.49. The number of rotatable bonds is 18. The lowest BCUT2D eigenvalue weighted by Crippen LogP contribution is -2.32. The Balaban J connectivity index is 2.26. The summed E-state index contributed by atoms with van der Waals surface area (Å²) in [7, 11) is 0. The van der Waals surface area contributed by atoms with Gasteiger partial charge in [-0.25, -0.2) is 19.4 Å². The maximum atomic E-state index is 12.3. The van der Waals surface area contributed by atoms with Gasteiger partial charge < -0.3 is 25.1 Å². The molecule has 13 nitrogen and oxygen atoms in total. The van der Waals surface area contributed by atoms with E-state index in [0.29, 0.717) is 37.5 Å². The number of H-pyrrole nitrogens is 1. The zero-order chi connectivity index (χ0) is 26.4. The Morgan fingerprint density at radius 3 is 2.42 bits per heavy atom. The molecule has 0 radical (unpaired) electrons. The fourth-order valence-electron chi connectivity index (χ4n) is 3.22. The van der Waals surface area contributed by atoms with Gasteiger partial charge in [0.25, 0.3) is 11.8 Å². The minimum atomic E-state index is -0.562. The standard InChI is InChI=1S/C23H35N7O6/c1-18-19(10-15-36-23(34)27-13-8-3-2-6-11-25-17-31)20(32)29-21(28-18)30-22(33)26-12-7-4-5-9-14-35-16-24/h2-15H2,1H3,(H,27,34)(H3,26,28,29,30,32,33). The number of aliphatic imine (C=N–C) groups is 1. The number of nitrogens with zero attached hydrogens (tertiary/aromatic N) is 3. The van der Waals surface area contributed by atoms with Gasteiger partial charge in [-0.15, -0.1) is 0 Å². The molecule has 0 aliphatic carbocycles. The Hall–Kier alpha value is -3.91. The van der Waals surface area contributed by atoms with Crippen LogP contribution in [0.15, 0.2) is 9.79 Å². The van der Waals surface area contributed by atoms with Crippen LogP contribution in [-0.4, -0.2) is 61.0 Å². The Morgan fingerprint density at radius 2 is 1.72 bits per heavy atom. The van der Waals surface area contributed by atoms with Crippen LogP contribution in [0.5, 0.6) is 0 Å². The number of amides is 3. The molecule has 0 aliphatic heterocycles. The quantitative estimate of drug-likeness (QED) is 0.101. The third kappa shape index (κ3) is 14.4. The highest BCUT2D eigenvalue weighted by molar-refractivity contribution is 5.87. The normalized spacial score (nSPS) is 10.0. The second-order valence-corrected chi connectivity index (χ2v) is 7.93. The van der Waals surface area contributed by atoms with Crippen molar-refractivity contribution in [2.75, 3.05) is 38.2 Å². The van der Waals surface area contributed by atoms with Crippen molar-refractivity contribution in [3.05, 3.63) is 21.6 Å². The molecule has 1 aromatic rings. The predicted molar refractivity (Wildman–Crippen MR) is 131 cm³/mol. The molecule has 0 fully saturated rings. The summed E-state index contributed by atoms with van der Waals surface area (Å²) >= 11 is 0. The van der Waals surface area contributed by atoms with Crippen molar-refractivity contribution in [2.24, 2.45) is 4.99 Å². The number of ether oxygens (including phenoxy) is 2. The number of anilines is 1. The molecule has 3 amide bonds. The van der Waals surface area contributed by atoms with Crippen LogP contribution in [0.4, 0.5) is 15.5 Å². The average Bonchev–Trinajstić information content (AvgIpc) is 2.84.